The summed E-state index contributed by atoms with van der Waals surface area (Å²) in [7, 11) is 3.51. The minimum atomic E-state index is -2.43. The normalized spacial score (nSPS) is 24.8. The van der Waals surface area contributed by atoms with Crippen LogP contribution in [-0.2, 0) is 76.5 Å². The first-order valence-electron chi connectivity index (χ1n) is 32.8. The lowest BCUT2D eigenvalue weighted by Gasteiger charge is -2.41. The molecular formula is C66H102ClN13O20. The van der Waals surface area contributed by atoms with Gasteiger partial charge in [0, 0.05) is 45.1 Å². The number of halogens is 1. The van der Waals surface area contributed by atoms with E-state index >= 15 is 19.2 Å². The molecule has 2 heterocycles. The van der Waals surface area contributed by atoms with E-state index in [9.17, 15) is 63.6 Å². The summed E-state index contributed by atoms with van der Waals surface area (Å²) in [6, 6.07) is -10.3. The molecule has 2 saturated heterocycles. The number of hydrogen-bond acceptors (Lipinski definition) is 21. The Balaban J connectivity index is 2.20. The summed E-state index contributed by atoms with van der Waals surface area (Å²) < 4.78 is 17.3. The summed E-state index contributed by atoms with van der Waals surface area (Å²) in [5.74, 6) is -17.9. The average molecular weight is 1430 g/mol. The Bertz CT molecular complexity index is 3180. The second-order valence-corrected chi connectivity index (χ2v) is 26.3. The monoisotopic (exact) mass is 1430 g/mol. The number of aliphatic hydroxyl groups is 3. The van der Waals surface area contributed by atoms with Gasteiger partial charge in [0.15, 0.2) is 5.60 Å². The number of fused-ring (bicyclic) bond motifs is 1. The zero-order valence-corrected chi connectivity index (χ0v) is 60.0. The second kappa shape index (κ2) is 39.4. The summed E-state index contributed by atoms with van der Waals surface area (Å²) in [6.45, 7) is 14.8. The number of carbonyl (C=O) groups is 13. The molecule has 0 radical (unpaired) electrons. The Morgan fingerprint density at radius 2 is 1.52 bits per heavy atom. The van der Waals surface area contributed by atoms with Crippen LogP contribution in [0.1, 0.15) is 114 Å². The Morgan fingerprint density at radius 3 is 2.07 bits per heavy atom. The number of primary amides is 1. The number of amides is 12. The van der Waals surface area contributed by atoms with E-state index in [0.29, 0.717) is 0 Å². The van der Waals surface area contributed by atoms with Gasteiger partial charge in [0.25, 0.3) is 11.8 Å². The van der Waals surface area contributed by atoms with Gasteiger partial charge in [0.1, 0.15) is 78.1 Å². The Kier molecular flexibility index (Phi) is 33.7. The van der Waals surface area contributed by atoms with E-state index in [4.69, 9.17) is 37.3 Å². The third kappa shape index (κ3) is 24.1. The van der Waals surface area contributed by atoms with Gasteiger partial charge in [0.2, 0.25) is 59.1 Å². The van der Waals surface area contributed by atoms with Crippen LogP contribution in [0, 0.1) is 23.7 Å². The lowest BCUT2D eigenvalue weighted by molar-refractivity contribution is -0.168. The summed E-state index contributed by atoms with van der Waals surface area (Å²) >= 11 is 6.75. The largest absolute Gasteiger partial charge is 0.508 e. The van der Waals surface area contributed by atoms with Gasteiger partial charge in [-0.15, -0.1) is 11.6 Å². The summed E-state index contributed by atoms with van der Waals surface area (Å²) in [5, 5.41) is 63.7. The van der Waals surface area contributed by atoms with Gasteiger partial charge < -0.3 is 104 Å². The number of hydrogen-bond donors (Lipinski definition) is 15. The number of alkyl halides is 1. The quantitative estimate of drug-likeness (QED) is 0.0191. The van der Waals surface area contributed by atoms with Crippen LogP contribution in [0.4, 0.5) is 0 Å². The van der Waals surface area contributed by atoms with Crippen molar-refractivity contribution in [3.63, 3.8) is 0 Å². The van der Waals surface area contributed by atoms with Gasteiger partial charge in [-0.05, 0) is 89.8 Å². The number of nitrogens with one attached hydrogen (secondary N) is 9. The molecule has 18 atom stereocenters. The van der Waals surface area contributed by atoms with E-state index in [0.717, 1.165) is 49.0 Å². The first kappa shape index (κ1) is 85.6. The molecule has 2 aliphatic heterocycles. The number of piperidine rings is 1. The van der Waals surface area contributed by atoms with Gasteiger partial charge in [0.05, 0.1) is 25.8 Å². The first-order valence-corrected chi connectivity index (χ1v) is 33.2. The number of cyclic esters (lactones) is 1. The molecule has 12 amide bonds. The fraction of sp³-hybridized carbons (Fsp3) is 0.621. The number of aromatic hydroxyl groups is 1. The Labute approximate surface area is 586 Å². The van der Waals surface area contributed by atoms with Crippen molar-refractivity contribution in [2.24, 2.45) is 35.1 Å². The number of allylic oxidation sites excluding steroid dienone is 4. The number of aliphatic hydroxyl groups excluding tert-OH is 2. The Hall–Kier alpha value is -8.60. The molecule has 2 aliphatic rings. The molecule has 2 fully saturated rings. The molecule has 17 N–H and O–H groups in total. The molecule has 33 nitrogen and oxygen atoms in total. The van der Waals surface area contributed by atoms with Crippen LogP contribution in [0.5, 0.6) is 5.75 Å². The number of methoxy groups -OCH3 is 2. The molecule has 0 aliphatic carbocycles. The topological polar surface area (TPSA) is 497 Å². The van der Waals surface area contributed by atoms with Gasteiger partial charge in [-0.1, -0.05) is 90.0 Å². The van der Waals surface area contributed by atoms with Crippen molar-refractivity contribution in [3.8, 4) is 5.75 Å². The number of phenolic OH excluding ortho intramolecular Hbond substituents is 1. The van der Waals surface area contributed by atoms with Crippen molar-refractivity contribution in [3.05, 3.63) is 65.4 Å². The van der Waals surface area contributed by atoms with Gasteiger partial charge in [-0.25, -0.2) is 4.79 Å². The molecule has 34 heteroatoms. The third-order valence-corrected chi connectivity index (χ3v) is 17.7. The molecule has 100 heavy (non-hydrogen) atoms. The molecule has 18 unspecified atom stereocenters. The van der Waals surface area contributed by atoms with E-state index in [1.165, 1.54) is 98.9 Å². The minimum Gasteiger partial charge on any atom is -0.508 e. The van der Waals surface area contributed by atoms with Crippen LogP contribution >= 0.6 is 11.6 Å². The van der Waals surface area contributed by atoms with Crippen molar-refractivity contribution in [1.82, 2.24) is 57.7 Å². The van der Waals surface area contributed by atoms with Crippen molar-refractivity contribution in [2.45, 2.75) is 192 Å². The number of nitrogens with zero attached hydrogens (tertiary/aromatic N) is 2. The maximum Gasteiger partial charge on any atom is 0.329 e. The van der Waals surface area contributed by atoms with Crippen LogP contribution in [0.15, 0.2) is 59.8 Å². The molecule has 1 aromatic carbocycles. The van der Waals surface area contributed by atoms with Crippen LogP contribution in [0.3, 0.4) is 0 Å². The fourth-order valence-electron chi connectivity index (χ4n) is 10.8. The number of phenols is 1. The molecule has 3 rings (SSSR count). The number of rotatable bonds is 26. The van der Waals surface area contributed by atoms with E-state index in [1.54, 1.807) is 6.92 Å². The zero-order chi connectivity index (χ0) is 76.0. The predicted octanol–water partition coefficient (Wildman–Crippen LogP) is -2.94. The zero-order valence-electron chi connectivity index (χ0n) is 59.2. The van der Waals surface area contributed by atoms with E-state index in [2.05, 4.69) is 47.9 Å². The van der Waals surface area contributed by atoms with Gasteiger partial charge in [-0.2, -0.15) is 0 Å². The smallest absolute Gasteiger partial charge is 0.329 e. The van der Waals surface area contributed by atoms with E-state index in [1.807, 2.05) is 19.9 Å². The predicted molar refractivity (Wildman–Crippen MR) is 362 cm³/mol. The number of benzene rings is 1. The van der Waals surface area contributed by atoms with Crippen LogP contribution in [0.25, 0.3) is 0 Å². The fourth-order valence-corrected chi connectivity index (χ4v) is 11.1. The highest BCUT2D eigenvalue weighted by Crippen LogP contribution is 2.31. The van der Waals surface area contributed by atoms with Crippen molar-refractivity contribution >= 4 is 88.5 Å². The minimum absolute atomic E-state index is 0.0502. The molecule has 0 saturated carbocycles. The molecule has 0 spiro atoms. The molecular weight excluding hydrogens is 1330 g/mol. The highest BCUT2D eigenvalue weighted by atomic mass is 35.5. The maximum atomic E-state index is 15.4. The number of nitrogens with two attached hydrogens (primary N) is 2. The molecule has 0 bridgehead atoms. The lowest BCUT2D eigenvalue weighted by atomic mass is 9.87. The maximum absolute atomic E-state index is 15.4. The van der Waals surface area contributed by atoms with E-state index in [-0.39, 0.29) is 36.6 Å². The standard InChI is InChI=1S/C66H102ClN13O20/c1-16-32(5)26-33(6)18-23-45(83)66(12,97)65(96)71-29-47(85)73-42(17-2)57(88)76-49(36(9)68)59(90)75-48(34(7)35(8)55(69)86)58(89)77-50-53(31(3)4)100-64(95)44-27-40(67)24-25-80(44)63(94)51(54(99-15)39-19-21-41(82)22-20-39)78-61(92)52(38(11)81)79(13)62(93)37(10)72-46(84)28-70-56(87)43(30-98-14)74-60(50)91/h17-23,26,31-32,34-38,40,43-45,48-54,81-83,97H,16,24-25,27-30,68H2,1-15H3,(H2,69,86)(H,70,87)(H,71,96)(H,72,84)(H,73,85)(H,74,91)(H,75,90)(H,76,88)(H,77,89)(H,78,92). The first-order chi connectivity index (χ1) is 46.7. The van der Waals surface area contributed by atoms with Crippen LogP contribution < -0.4 is 59.3 Å². The molecule has 558 valence electrons. The number of carbonyl (C=O) groups excluding carboxylic acids is 13. The average Bonchev–Trinajstić information content (AvgIpc) is 0.502. The third-order valence-electron chi connectivity index (χ3n) is 17.3. The number of esters is 1. The molecule has 0 aromatic heterocycles. The highest BCUT2D eigenvalue weighted by molar-refractivity contribution is 6.21. The molecule has 1 aromatic rings. The Morgan fingerprint density at radius 1 is 0.890 bits per heavy atom. The summed E-state index contributed by atoms with van der Waals surface area (Å²) in [5.41, 5.74) is 10.1. The summed E-state index contributed by atoms with van der Waals surface area (Å²) in [4.78, 5) is 186. The SMILES string of the molecule is CC=C(NC(=O)CNC(=O)C(C)(O)C(O)C=CC(C)=CC(C)CC)C(=O)NC(C(=O)NC(C(=O)NC1C(=O)NC(COC)C(=O)NCC(=O)NC(C)C(=O)N(C)C(C(C)O)C(=O)NC(C(OC)c2ccc(O)cc2)C(=O)N2CCC(Cl)CC2C(=O)OC1C(C)C)C(C)C(C)C(N)=O)C(C)N. The number of likely N-dealkylation sites (N-methyl/N-ethyl adjacent to an activating group) is 1. The van der Waals surface area contributed by atoms with Crippen molar-refractivity contribution in [2.75, 3.05) is 47.5 Å². The number of ether oxygens (including phenoxy) is 3. The van der Waals surface area contributed by atoms with Gasteiger partial charge in [-0.3, -0.25) is 57.5 Å². The van der Waals surface area contributed by atoms with Gasteiger partial charge >= 0.3 is 5.97 Å². The second-order valence-electron chi connectivity index (χ2n) is 25.7. The van der Waals surface area contributed by atoms with Crippen molar-refractivity contribution in [1.29, 1.82) is 0 Å². The highest BCUT2D eigenvalue weighted by Gasteiger charge is 2.48. The van der Waals surface area contributed by atoms with Crippen LogP contribution in [0.2, 0.25) is 0 Å². The summed E-state index contributed by atoms with van der Waals surface area (Å²) in [6.07, 6.45) is -0.255. The van der Waals surface area contributed by atoms with Crippen molar-refractivity contribution < 1.29 is 97.0 Å². The van der Waals surface area contributed by atoms with E-state index < -0.39 is 210 Å². The lowest BCUT2D eigenvalue weighted by Crippen LogP contribution is -2.66. The van der Waals surface area contributed by atoms with Crippen LogP contribution in [-0.4, -0.2) is 238 Å².